The van der Waals surface area contributed by atoms with Crippen molar-refractivity contribution in [3.8, 4) is 0 Å². The number of esters is 1. The Morgan fingerprint density at radius 1 is 1.14 bits per heavy atom. The van der Waals surface area contributed by atoms with Crippen molar-refractivity contribution < 1.29 is 23.5 Å². The molecule has 0 spiro atoms. The van der Waals surface area contributed by atoms with Gasteiger partial charge in [0.15, 0.2) is 6.10 Å². The van der Waals surface area contributed by atoms with Gasteiger partial charge in [-0.05, 0) is 38.1 Å². The fraction of sp³-hybridized carbons (Fsp3) is 0.357. The van der Waals surface area contributed by atoms with E-state index in [4.69, 9.17) is 4.74 Å². The van der Waals surface area contributed by atoms with Crippen molar-refractivity contribution in [1.82, 2.24) is 5.32 Å². The fourth-order valence-corrected chi connectivity index (χ4v) is 1.47. The lowest BCUT2D eigenvalue weighted by Crippen LogP contribution is -2.41. The van der Waals surface area contributed by atoms with E-state index >= 15 is 0 Å². The number of carbonyl (C=O) groups is 3. The van der Waals surface area contributed by atoms with Crippen LogP contribution in [-0.2, 0) is 19.1 Å². The summed E-state index contributed by atoms with van der Waals surface area (Å²) in [5, 5.41) is 4.84. The third kappa shape index (κ3) is 5.60. The van der Waals surface area contributed by atoms with Crippen LogP contribution in [0.5, 0.6) is 0 Å². The lowest BCUT2D eigenvalue weighted by molar-refractivity contribution is -0.155. The number of carbonyl (C=O) groups excluding carboxylic acids is 3. The minimum Gasteiger partial charge on any atom is -0.451 e. The molecule has 0 saturated carbocycles. The van der Waals surface area contributed by atoms with Gasteiger partial charge in [0.1, 0.15) is 11.9 Å². The van der Waals surface area contributed by atoms with E-state index in [1.807, 2.05) is 0 Å². The summed E-state index contributed by atoms with van der Waals surface area (Å²) in [5.74, 6) is -2.06. The smallest absolute Gasteiger partial charge is 0.329 e. The minimum absolute atomic E-state index is 0.372. The van der Waals surface area contributed by atoms with Crippen LogP contribution in [0.25, 0.3) is 0 Å². The number of benzene rings is 1. The van der Waals surface area contributed by atoms with Crippen molar-refractivity contribution in [3.05, 3.63) is 30.1 Å². The molecule has 2 N–H and O–H groups in total. The van der Waals surface area contributed by atoms with E-state index in [0.29, 0.717) is 5.69 Å². The number of hydrogen-bond donors (Lipinski definition) is 2. The summed E-state index contributed by atoms with van der Waals surface area (Å²) in [7, 11) is 0. The highest BCUT2D eigenvalue weighted by Gasteiger charge is 2.22. The van der Waals surface area contributed by atoms with Gasteiger partial charge < -0.3 is 15.4 Å². The second-order valence-corrected chi connectivity index (χ2v) is 4.50. The Bertz CT molecular complexity index is 530. The van der Waals surface area contributed by atoms with Crippen molar-refractivity contribution in [2.75, 3.05) is 5.32 Å². The van der Waals surface area contributed by atoms with Crippen LogP contribution in [-0.4, -0.2) is 29.9 Å². The normalized spacial score (nSPS) is 13.0. The molecule has 0 aliphatic heterocycles. The Labute approximate surface area is 121 Å². The second-order valence-electron chi connectivity index (χ2n) is 4.50. The zero-order valence-corrected chi connectivity index (χ0v) is 12.0. The first-order chi connectivity index (χ1) is 9.79. The van der Waals surface area contributed by atoms with Crippen LogP contribution in [0.3, 0.4) is 0 Å². The molecule has 0 saturated heterocycles. The molecule has 21 heavy (non-hydrogen) atoms. The summed E-state index contributed by atoms with van der Waals surface area (Å²) in [4.78, 5) is 34.3. The Kier molecular flexibility index (Phi) is 5.83. The standard InChI is InChI=1S/C14H17FN2O4/c1-8(16-10(3)18)14(20)21-9(2)13(19)17-12-6-4-11(15)5-7-12/h4-9H,1-3H3,(H,16,18)(H,17,19)/t8-,9-/m0/s1. The molecule has 2 amide bonds. The number of anilines is 1. The zero-order valence-electron chi connectivity index (χ0n) is 12.0. The van der Waals surface area contributed by atoms with E-state index in [9.17, 15) is 18.8 Å². The summed E-state index contributed by atoms with van der Waals surface area (Å²) in [6, 6.07) is 4.34. The maximum absolute atomic E-state index is 12.7. The molecule has 7 heteroatoms. The van der Waals surface area contributed by atoms with E-state index in [1.165, 1.54) is 45.0 Å². The van der Waals surface area contributed by atoms with Crippen molar-refractivity contribution in [2.24, 2.45) is 0 Å². The van der Waals surface area contributed by atoms with E-state index in [2.05, 4.69) is 10.6 Å². The van der Waals surface area contributed by atoms with Gasteiger partial charge >= 0.3 is 5.97 Å². The van der Waals surface area contributed by atoms with Gasteiger partial charge in [-0.15, -0.1) is 0 Å². The average molecular weight is 296 g/mol. The molecular formula is C14H17FN2O4. The maximum atomic E-state index is 12.7. The van der Waals surface area contributed by atoms with E-state index in [1.54, 1.807) is 0 Å². The van der Waals surface area contributed by atoms with E-state index in [0.717, 1.165) is 0 Å². The summed E-state index contributed by atoms with van der Waals surface area (Å²) >= 11 is 0. The van der Waals surface area contributed by atoms with Crippen molar-refractivity contribution in [3.63, 3.8) is 0 Å². The largest absolute Gasteiger partial charge is 0.451 e. The SMILES string of the molecule is CC(=O)N[C@@H](C)C(=O)O[C@@H](C)C(=O)Nc1ccc(F)cc1. The summed E-state index contributed by atoms with van der Waals surface area (Å²) in [6.07, 6.45) is -1.04. The summed E-state index contributed by atoms with van der Waals surface area (Å²) < 4.78 is 17.7. The first kappa shape index (κ1) is 16.6. The molecule has 0 bridgehead atoms. The van der Waals surface area contributed by atoms with E-state index in [-0.39, 0.29) is 5.91 Å². The third-order valence-corrected chi connectivity index (χ3v) is 2.55. The molecule has 114 valence electrons. The van der Waals surface area contributed by atoms with Gasteiger partial charge in [0, 0.05) is 12.6 Å². The Balaban J connectivity index is 2.52. The zero-order chi connectivity index (χ0) is 16.0. The van der Waals surface area contributed by atoms with Gasteiger partial charge in [0.2, 0.25) is 5.91 Å². The van der Waals surface area contributed by atoms with Gasteiger partial charge in [-0.2, -0.15) is 0 Å². The van der Waals surface area contributed by atoms with Crippen molar-refractivity contribution in [2.45, 2.75) is 32.9 Å². The number of nitrogens with one attached hydrogen (secondary N) is 2. The Morgan fingerprint density at radius 2 is 1.71 bits per heavy atom. The monoisotopic (exact) mass is 296 g/mol. The van der Waals surface area contributed by atoms with Gasteiger partial charge in [-0.25, -0.2) is 9.18 Å². The molecule has 1 aromatic carbocycles. The molecule has 0 heterocycles. The second kappa shape index (κ2) is 7.37. The quantitative estimate of drug-likeness (QED) is 0.800. The molecule has 0 aliphatic rings. The lowest BCUT2D eigenvalue weighted by atomic mass is 10.3. The topological polar surface area (TPSA) is 84.5 Å². The number of halogens is 1. The molecule has 6 nitrogen and oxygen atoms in total. The molecular weight excluding hydrogens is 279 g/mol. The Hall–Kier alpha value is -2.44. The molecule has 0 fully saturated rings. The van der Waals surface area contributed by atoms with Crippen LogP contribution < -0.4 is 10.6 Å². The summed E-state index contributed by atoms with van der Waals surface area (Å²) in [6.45, 7) is 4.13. The van der Waals surface area contributed by atoms with Gasteiger partial charge in [-0.1, -0.05) is 0 Å². The van der Waals surface area contributed by atoms with Crippen molar-refractivity contribution >= 4 is 23.5 Å². The van der Waals surface area contributed by atoms with Crippen molar-refractivity contribution in [1.29, 1.82) is 0 Å². The van der Waals surface area contributed by atoms with Crippen LogP contribution >= 0.6 is 0 Å². The lowest BCUT2D eigenvalue weighted by Gasteiger charge is -2.17. The highest BCUT2D eigenvalue weighted by Crippen LogP contribution is 2.09. The predicted molar refractivity (Wildman–Crippen MR) is 73.9 cm³/mol. The third-order valence-electron chi connectivity index (χ3n) is 2.55. The van der Waals surface area contributed by atoms with Gasteiger partial charge in [0.05, 0.1) is 0 Å². The maximum Gasteiger partial charge on any atom is 0.329 e. The number of ether oxygens (including phenoxy) is 1. The molecule has 1 rings (SSSR count). The Morgan fingerprint density at radius 3 is 2.24 bits per heavy atom. The van der Waals surface area contributed by atoms with Gasteiger partial charge in [0.25, 0.3) is 5.91 Å². The van der Waals surface area contributed by atoms with Crippen LogP contribution in [0.1, 0.15) is 20.8 Å². The van der Waals surface area contributed by atoms with Crippen LogP contribution in [0.4, 0.5) is 10.1 Å². The highest BCUT2D eigenvalue weighted by atomic mass is 19.1. The molecule has 1 aromatic rings. The fourth-order valence-electron chi connectivity index (χ4n) is 1.47. The first-order valence-electron chi connectivity index (χ1n) is 6.33. The molecule has 0 aliphatic carbocycles. The molecule has 0 radical (unpaired) electrons. The van der Waals surface area contributed by atoms with Crippen LogP contribution in [0.15, 0.2) is 24.3 Å². The molecule has 0 unspecified atom stereocenters. The average Bonchev–Trinajstić information content (AvgIpc) is 2.40. The molecule has 2 atom stereocenters. The van der Waals surface area contributed by atoms with Crippen LogP contribution in [0.2, 0.25) is 0 Å². The number of rotatable bonds is 5. The minimum atomic E-state index is -1.04. The molecule has 0 aromatic heterocycles. The number of amides is 2. The highest BCUT2D eigenvalue weighted by molar-refractivity contribution is 5.95. The van der Waals surface area contributed by atoms with E-state index < -0.39 is 29.8 Å². The summed E-state index contributed by atoms with van der Waals surface area (Å²) in [5.41, 5.74) is 0.388. The predicted octanol–water partition coefficient (Wildman–Crippen LogP) is 1.22. The van der Waals surface area contributed by atoms with Crippen LogP contribution in [0, 0.1) is 5.82 Å². The number of hydrogen-bond acceptors (Lipinski definition) is 4. The first-order valence-corrected chi connectivity index (χ1v) is 6.33. The van der Waals surface area contributed by atoms with Gasteiger partial charge in [-0.3, -0.25) is 9.59 Å².